The van der Waals surface area contributed by atoms with Crippen molar-refractivity contribution in [1.82, 2.24) is 0 Å². The third-order valence-electron chi connectivity index (χ3n) is 5.61. The summed E-state index contributed by atoms with van der Waals surface area (Å²) in [7, 11) is 1.77. The van der Waals surface area contributed by atoms with E-state index < -0.39 is 5.60 Å². The average Bonchev–Trinajstić information content (AvgIpc) is 2.72. The summed E-state index contributed by atoms with van der Waals surface area (Å²) in [6, 6.07) is 0.221. The highest BCUT2D eigenvalue weighted by Crippen LogP contribution is 2.47. The van der Waals surface area contributed by atoms with Crippen molar-refractivity contribution in [1.29, 1.82) is 0 Å². The summed E-state index contributed by atoms with van der Waals surface area (Å²) in [4.78, 5) is 4.60. The summed E-state index contributed by atoms with van der Waals surface area (Å²) < 4.78 is 5.51. The Bertz CT molecular complexity index is 365. The van der Waals surface area contributed by atoms with Crippen LogP contribution in [0.2, 0.25) is 0 Å². The van der Waals surface area contributed by atoms with E-state index in [0.717, 1.165) is 32.1 Å². The number of fused-ring (bicyclic) bond motifs is 1. The zero-order valence-electron chi connectivity index (χ0n) is 11.8. The number of aliphatic imine (C=N–C) groups is 1. The summed E-state index contributed by atoms with van der Waals surface area (Å²) in [6.45, 7) is 0. The molecule has 108 valence electrons. The van der Waals surface area contributed by atoms with Gasteiger partial charge in [-0.3, -0.25) is 4.99 Å². The first-order valence-electron chi connectivity index (χ1n) is 7.75. The van der Waals surface area contributed by atoms with Gasteiger partial charge in [-0.25, -0.2) is 0 Å². The SMILES string of the molecule is COC1CCC2N=C(N)C(O)(C3CCCCC3)C2C1. The van der Waals surface area contributed by atoms with Crippen LogP contribution in [0.3, 0.4) is 0 Å². The summed E-state index contributed by atoms with van der Waals surface area (Å²) in [5.74, 6) is 0.982. The first-order chi connectivity index (χ1) is 9.16. The van der Waals surface area contributed by atoms with Gasteiger partial charge in [0, 0.05) is 13.0 Å². The number of amidine groups is 1. The molecule has 19 heavy (non-hydrogen) atoms. The maximum atomic E-state index is 11.3. The van der Waals surface area contributed by atoms with Crippen LogP contribution in [-0.2, 0) is 4.74 Å². The minimum atomic E-state index is -0.859. The van der Waals surface area contributed by atoms with Crippen LogP contribution in [0.1, 0.15) is 51.4 Å². The van der Waals surface area contributed by atoms with Gasteiger partial charge in [-0.1, -0.05) is 19.3 Å². The van der Waals surface area contributed by atoms with Crippen LogP contribution in [0.5, 0.6) is 0 Å². The Hall–Kier alpha value is -0.610. The Balaban J connectivity index is 1.83. The maximum Gasteiger partial charge on any atom is 0.129 e. The lowest BCUT2D eigenvalue weighted by Gasteiger charge is -2.43. The van der Waals surface area contributed by atoms with E-state index in [1.54, 1.807) is 7.11 Å². The molecule has 2 fully saturated rings. The Labute approximate surface area is 115 Å². The molecular formula is C15H26N2O2. The van der Waals surface area contributed by atoms with Crippen LogP contribution in [0.15, 0.2) is 4.99 Å². The first-order valence-corrected chi connectivity index (χ1v) is 7.75. The predicted octanol–water partition coefficient (Wildman–Crippen LogP) is 1.85. The van der Waals surface area contributed by atoms with Gasteiger partial charge < -0.3 is 15.6 Å². The van der Waals surface area contributed by atoms with Crippen molar-refractivity contribution in [3.05, 3.63) is 0 Å². The predicted molar refractivity (Wildman–Crippen MR) is 75.1 cm³/mol. The van der Waals surface area contributed by atoms with Crippen molar-refractivity contribution in [2.24, 2.45) is 22.6 Å². The molecule has 0 saturated heterocycles. The lowest BCUT2D eigenvalue weighted by Crippen LogP contribution is -2.55. The molecule has 0 aromatic carbocycles. The third kappa shape index (κ3) is 2.09. The fourth-order valence-corrected chi connectivity index (χ4v) is 4.48. The van der Waals surface area contributed by atoms with Crippen molar-refractivity contribution in [2.45, 2.75) is 69.1 Å². The largest absolute Gasteiger partial charge is 0.385 e. The van der Waals surface area contributed by atoms with Crippen LogP contribution >= 0.6 is 0 Å². The van der Waals surface area contributed by atoms with Crippen molar-refractivity contribution in [3.63, 3.8) is 0 Å². The molecule has 1 heterocycles. The molecule has 2 aliphatic carbocycles. The molecule has 0 spiro atoms. The normalized spacial score (nSPS) is 43.9. The topological polar surface area (TPSA) is 67.8 Å². The second-order valence-electron chi connectivity index (χ2n) is 6.52. The molecule has 2 saturated carbocycles. The smallest absolute Gasteiger partial charge is 0.129 e. The molecule has 0 bridgehead atoms. The van der Waals surface area contributed by atoms with E-state index in [1.165, 1.54) is 19.3 Å². The van der Waals surface area contributed by atoms with Crippen molar-refractivity contribution in [3.8, 4) is 0 Å². The van der Waals surface area contributed by atoms with Crippen LogP contribution in [0.25, 0.3) is 0 Å². The van der Waals surface area contributed by atoms with Gasteiger partial charge in [0.1, 0.15) is 11.4 Å². The molecule has 0 aromatic heterocycles. The molecule has 3 N–H and O–H groups in total. The molecule has 4 unspecified atom stereocenters. The molecule has 0 amide bonds. The second-order valence-corrected chi connectivity index (χ2v) is 6.52. The van der Waals surface area contributed by atoms with Gasteiger partial charge in [0.15, 0.2) is 0 Å². The van der Waals surface area contributed by atoms with E-state index in [4.69, 9.17) is 10.5 Å². The number of aliphatic hydroxyl groups is 1. The molecule has 4 nitrogen and oxygen atoms in total. The molecular weight excluding hydrogens is 240 g/mol. The van der Waals surface area contributed by atoms with Gasteiger partial charge in [-0.2, -0.15) is 0 Å². The molecule has 3 aliphatic rings. The van der Waals surface area contributed by atoms with Gasteiger partial charge in [0.25, 0.3) is 0 Å². The van der Waals surface area contributed by atoms with Crippen molar-refractivity contribution < 1.29 is 9.84 Å². The number of methoxy groups -OCH3 is 1. The highest BCUT2D eigenvalue weighted by atomic mass is 16.5. The van der Waals surface area contributed by atoms with Crippen molar-refractivity contribution in [2.75, 3.05) is 7.11 Å². The fourth-order valence-electron chi connectivity index (χ4n) is 4.48. The molecule has 0 aromatic rings. The molecule has 3 rings (SSSR count). The van der Waals surface area contributed by atoms with Gasteiger partial charge in [-0.15, -0.1) is 0 Å². The zero-order chi connectivity index (χ0) is 13.5. The van der Waals surface area contributed by atoms with E-state index in [2.05, 4.69) is 4.99 Å². The minimum Gasteiger partial charge on any atom is -0.385 e. The van der Waals surface area contributed by atoms with E-state index in [1.807, 2.05) is 0 Å². The number of ether oxygens (including phenoxy) is 1. The van der Waals surface area contributed by atoms with E-state index >= 15 is 0 Å². The zero-order valence-corrected chi connectivity index (χ0v) is 11.8. The van der Waals surface area contributed by atoms with Crippen molar-refractivity contribution >= 4 is 5.84 Å². The van der Waals surface area contributed by atoms with Crippen LogP contribution < -0.4 is 5.73 Å². The number of hydrogen-bond donors (Lipinski definition) is 2. The minimum absolute atomic E-state index is 0.175. The van der Waals surface area contributed by atoms with Crippen LogP contribution in [-0.4, -0.2) is 35.8 Å². The molecule has 0 radical (unpaired) electrons. The van der Waals surface area contributed by atoms with Gasteiger partial charge >= 0.3 is 0 Å². The number of hydrogen-bond acceptors (Lipinski definition) is 4. The fraction of sp³-hybridized carbons (Fsp3) is 0.933. The lowest BCUT2D eigenvalue weighted by molar-refractivity contribution is -0.0578. The first kappa shape index (κ1) is 13.4. The Kier molecular flexibility index (Phi) is 3.56. The Morgan fingerprint density at radius 2 is 1.95 bits per heavy atom. The third-order valence-corrected chi connectivity index (χ3v) is 5.61. The second kappa shape index (κ2) is 5.06. The molecule has 1 aliphatic heterocycles. The Morgan fingerprint density at radius 1 is 1.21 bits per heavy atom. The monoisotopic (exact) mass is 266 g/mol. The van der Waals surface area contributed by atoms with Gasteiger partial charge in [-0.05, 0) is 38.0 Å². The van der Waals surface area contributed by atoms with E-state index in [0.29, 0.717) is 11.8 Å². The lowest BCUT2D eigenvalue weighted by atomic mass is 9.65. The average molecular weight is 266 g/mol. The van der Waals surface area contributed by atoms with Crippen LogP contribution in [0, 0.1) is 11.8 Å². The van der Waals surface area contributed by atoms with Crippen LogP contribution in [0.4, 0.5) is 0 Å². The van der Waals surface area contributed by atoms with E-state index in [-0.39, 0.29) is 18.1 Å². The highest BCUT2D eigenvalue weighted by Gasteiger charge is 2.55. The van der Waals surface area contributed by atoms with Gasteiger partial charge in [0.05, 0.1) is 12.1 Å². The molecule has 4 heteroatoms. The highest BCUT2D eigenvalue weighted by molar-refractivity contribution is 5.91. The summed E-state index contributed by atoms with van der Waals surface area (Å²) >= 11 is 0. The number of nitrogens with two attached hydrogens (primary N) is 1. The Morgan fingerprint density at radius 3 is 2.63 bits per heavy atom. The number of nitrogens with zero attached hydrogens (tertiary/aromatic N) is 1. The quantitative estimate of drug-likeness (QED) is 0.801. The standard InChI is InChI=1S/C15H26N2O2/c1-19-11-7-8-13-12(9-11)15(18,14(16)17-13)10-5-3-2-4-6-10/h10-13,18H,2-9H2,1H3,(H2,16,17). The number of rotatable bonds is 2. The van der Waals surface area contributed by atoms with E-state index in [9.17, 15) is 5.11 Å². The van der Waals surface area contributed by atoms with Gasteiger partial charge in [0.2, 0.25) is 0 Å². The molecule has 4 atom stereocenters. The summed E-state index contributed by atoms with van der Waals surface area (Å²) in [5.41, 5.74) is 5.29. The summed E-state index contributed by atoms with van der Waals surface area (Å²) in [6.07, 6.45) is 9.10. The summed E-state index contributed by atoms with van der Waals surface area (Å²) in [5, 5.41) is 11.3. The maximum absolute atomic E-state index is 11.3.